The van der Waals surface area contributed by atoms with Gasteiger partial charge in [0, 0.05) is 24.2 Å². The van der Waals surface area contributed by atoms with E-state index in [2.05, 4.69) is 11.1 Å². The third-order valence-electron chi connectivity index (χ3n) is 3.00. The van der Waals surface area contributed by atoms with Crippen LogP contribution in [0.25, 0.3) is 0 Å². The van der Waals surface area contributed by atoms with Crippen molar-refractivity contribution >= 4 is 17.6 Å². The Morgan fingerprint density at radius 3 is 2.65 bits per heavy atom. The van der Waals surface area contributed by atoms with Gasteiger partial charge >= 0.3 is 0 Å². The second kappa shape index (κ2) is 5.42. The van der Waals surface area contributed by atoms with Gasteiger partial charge in [0.05, 0.1) is 0 Å². The van der Waals surface area contributed by atoms with Crippen LogP contribution in [-0.2, 0) is 0 Å². The third-order valence-corrected chi connectivity index (χ3v) is 4.39. The second-order valence-corrected chi connectivity index (χ2v) is 5.89. The first-order chi connectivity index (χ1) is 8.20. The first kappa shape index (κ1) is 12.3. The van der Waals surface area contributed by atoms with E-state index in [4.69, 9.17) is 5.26 Å². The van der Waals surface area contributed by atoms with Crippen LogP contribution in [0.3, 0.4) is 0 Å². The topological polar surface area (TPSA) is 39.9 Å². The zero-order valence-electron chi connectivity index (χ0n) is 10.3. The molecule has 17 heavy (non-hydrogen) atoms. The summed E-state index contributed by atoms with van der Waals surface area (Å²) in [5, 5.41) is 9.83. The summed E-state index contributed by atoms with van der Waals surface area (Å²) >= 11 is 1.82. The van der Waals surface area contributed by atoms with E-state index in [1.54, 1.807) is 0 Å². The maximum Gasteiger partial charge on any atom is 0.156 e. The number of thioether (sulfide) groups is 1. The summed E-state index contributed by atoms with van der Waals surface area (Å²) in [6.07, 6.45) is 5.18. The molecule has 0 saturated heterocycles. The Kier molecular flexibility index (Phi) is 3.90. The second-order valence-electron chi connectivity index (χ2n) is 4.55. The van der Waals surface area contributed by atoms with Gasteiger partial charge in [-0.05, 0) is 25.0 Å². The molecule has 1 aromatic heterocycles. The van der Waals surface area contributed by atoms with Crippen LogP contribution >= 0.6 is 11.8 Å². The van der Waals surface area contributed by atoms with Crippen molar-refractivity contribution in [2.45, 2.75) is 35.8 Å². The van der Waals surface area contributed by atoms with Crippen molar-refractivity contribution in [2.24, 2.45) is 0 Å². The van der Waals surface area contributed by atoms with Crippen molar-refractivity contribution in [3.63, 3.8) is 0 Å². The fourth-order valence-corrected chi connectivity index (χ4v) is 3.32. The van der Waals surface area contributed by atoms with E-state index < -0.39 is 0 Å². The van der Waals surface area contributed by atoms with Gasteiger partial charge in [0.1, 0.15) is 11.9 Å². The Hall–Kier alpha value is -1.21. The highest BCUT2D eigenvalue weighted by Gasteiger charge is 2.18. The van der Waals surface area contributed by atoms with Crippen LogP contribution in [0.15, 0.2) is 17.0 Å². The molecular weight excluding hydrogens is 230 g/mol. The minimum atomic E-state index is 0.563. The zero-order chi connectivity index (χ0) is 12.3. The average Bonchev–Trinajstić information content (AvgIpc) is 2.82. The monoisotopic (exact) mass is 247 g/mol. The van der Waals surface area contributed by atoms with Crippen LogP contribution in [0.2, 0.25) is 0 Å². The maximum absolute atomic E-state index is 9.15. The molecule has 0 bridgehead atoms. The standard InChI is InChI=1S/C13H17N3S/c1-16(2)13-8-7-12(11(9-14)15-13)17-10-5-3-4-6-10/h7-8,10H,3-6H2,1-2H3. The van der Waals surface area contributed by atoms with E-state index in [0.717, 1.165) is 10.7 Å². The number of nitrogens with zero attached hydrogens (tertiary/aromatic N) is 3. The number of rotatable bonds is 3. The minimum absolute atomic E-state index is 0.563. The van der Waals surface area contributed by atoms with E-state index >= 15 is 0 Å². The predicted molar refractivity (Wildman–Crippen MR) is 71.4 cm³/mol. The van der Waals surface area contributed by atoms with E-state index in [9.17, 15) is 0 Å². The molecule has 1 aliphatic rings. The summed E-state index contributed by atoms with van der Waals surface area (Å²) < 4.78 is 0. The van der Waals surface area contributed by atoms with Gasteiger partial charge in [0.15, 0.2) is 5.69 Å². The molecule has 1 heterocycles. The number of aromatic nitrogens is 1. The van der Waals surface area contributed by atoms with E-state index in [1.807, 2.05) is 42.9 Å². The highest BCUT2D eigenvalue weighted by Crippen LogP contribution is 2.36. The minimum Gasteiger partial charge on any atom is -0.363 e. The van der Waals surface area contributed by atoms with Crippen molar-refractivity contribution in [2.75, 3.05) is 19.0 Å². The Morgan fingerprint density at radius 1 is 1.35 bits per heavy atom. The molecule has 1 fully saturated rings. The molecule has 0 N–H and O–H groups in total. The molecule has 3 nitrogen and oxygen atoms in total. The lowest BCUT2D eigenvalue weighted by Crippen LogP contribution is -2.11. The van der Waals surface area contributed by atoms with Gasteiger partial charge in [-0.2, -0.15) is 5.26 Å². The van der Waals surface area contributed by atoms with Crippen LogP contribution in [0.1, 0.15) is 31.4 Å². The van der Waals surface area contributed by atoms with Gasteiger partial charge in [-0.15, -0.1) is 11.8 Å². The fourth-order valence-electron chi connectivity index (χ4n) is 2.05. The summed E-state index contributed by atoms with van der Waals surface area (Å²) in [5.74, 6) is 0.845. The summed E-state index contributed by atoms with van der Waals surface area (Å²) in [5.41, 5.74) is 0.563. The smallest absolute Gasteiger partial charge is 0.156 e. The molecule has 1 aliphatic carbocycles. The zero-order valence-corrected chi connectivity index (χ0v) is 11.1. The lowest BCUT2D eigenvalue weighted by molar-refractivity contribution is 0.886. The molecule has 1 saturated carbocycles. The first-order valence-corrected chi connectivity index (χ1v) is 6.84. The quantitative estimate of drug-likeness (QED) is 0.823. The van der Waals surface area contributed by atoms with Gasteiger partial charge in [0.2, 0.25) is 0 Å². The molecule has 0 radical (unpaired) electrons. The number of nitriles is 1. The summed E-state index contributed by atoms with van der Waals surface area (Å²) in [6.45, 7) is 0. The van der Waals surface area contributed by atoms with Gasteiger partial charge in [-0.25, -0.2) is 4.98 Å². The van der Waals surface area contributed by atoms with Crippen molar-refractivity contribution in [3.8, 4) is 6.07 Å². The molecule has 0 atom stereocenters. The van der Waals surface area contributed by atoms with E-state index in [1.165, 1.54) is 25.7 Å². The highest BCUT2D eigenvalue weighted by molar-refractivity contribution is 8.00. The summed E-state index contributed by atoms with van der Waals surface area (Å²) in [4.78, 5) is 7.33. The Morgan fingerprint density at radius 2 is 2.06 bits per heavy atom. The lowest BCUT2D eigenvalue weighted by atomic mass is 10.3. The van der Waals surface area contributed by atoms with Crippen LogP contribution in [0.5, 0.6) is 0 Å². The molecule has 2 rings (SSSR count). The molecule has 0 amide bonds. The largest absolute Gasteiger partial charge is 0.363 e. The Labute approximate surface area is 107 Å². The SMILES string of the molecule is CN(C)c1ccc(SC2CCCC2)c(C#N)n1. The van der Waals surface area contributed by atoms with Crippen LogP contribution in [0.4, 0.5) is 5.82 Å². The Bertz CT molecular complexity index is 431. The van der Waals surface area contributed by atoms with Crippen LogP contribution < -0.4 is 4.90 Å². The van der Waals surface area contributed by atoms with Crippen molar-refractivity contribution in [1.82, 2.24) is 4.98 Å². The third kappa shape index (κ3) is 2.92. The molecule has 90 valence electrons. The normalized spacial score (nSPS) is 15.8. The lowest BCUT2D eigenvalue weighted by Gasteiger charge is -2.14. The molecule has 0 aliphatic heterocycles. The van der Waals surface area contributed by atoms with Crippen molar-refractivity contribution in [3.05, 3.63) is 17.8 Å². The summed E-state index contributed by atoms with van der Waals surface area (Å²) in [7, 11) is 3.88. The predicted octanol–water partition coefficient (Wildman–Crippen LogP) is 3.05. The fraction of sp³-hybridized carbons (Fsp3) is 0.538. The first-order valence-electron chi connectivity index (χ1n) is 5.96. The number of anilines is 1. The molecule has 4 heteroatoms. The average molecular weight is 247 g/mol. The van der Waals surface area contributed by atoms with E-state index in [-0.39, 0.29) is 0 Å². The van der Waals surface area contributed by atoms with Gasteiger partial charge in [0.25, 0.3) is 0 Å². The van der Waals surface area contributed by atoms with Gasteiger partial charge in [-0.1, -0.05) is 12.8 Å². The van der Waals surface area contributed by atoms with E-state index in [0.29, 0.717) is 10.9 Å². The molecule has 0 aromatic carbocycles. The van der Waals surface area contributed by atoms with Crippen LogP contribution in [0, 0.1) is 11.3 Å². The number of hydrogen-bond acceptors (Lipinski definition) is 4. The van der Waals surface area contributed by atoms with Gasteiger partial charge < -0.3 is 4.90 Å². The van der Waals surface area contributed by atoms with Crippen LogP contribution in [-0.4, -0.2) is 24.3 Å². The summed E-state index contributed by atoms with van der Waals surface area (Å²) in [6, 6.07) is 6.22. The molecule has 0 spiro atoms. The molecule has 1 aromatic rings. The van der Waals surface area contributed by atoms with Crippen molar-refractivity contribution in [1.29, 1.82) is 5.26 Å². The number of pyridine rings is 1. The highest BCUT2D eigenvalue weighted by atomic mass is 32.2. The maximum atomic E-state index is 9.15. The van der Waals surface area contributed by atoms with Gasteiger partial charge in [-0.3, -0.25) is 0 Å². The molecular formula is C13H17N3S. The number of hydrogen-bond donors (Lipinski definition) is 0. The molecule has 0 unspecified atom stereocenters. The Balaban J connectivity index is 2.19. The van der Waals surface area contributed by atoms with Crippen molar-refractivity contribution < 1.29 is 0 Å².